The van der Waals surface area contributed by atoms with Gasteiger partial charge in [-0.1, -0.05) is 60.2 Å². The molecule has 0 aliphatic carbocycles. The number of fused-ring (bicyclic) bond motifs is 1. The lowest BCUT2D eigenvalue weighted by Gasteiger charge is -2.33. The summed E-state index contributed by atoms with van der Waals surface area (Å²) in [7, 11) is 0. The summed E-state index contributed by atoms with van der Waals surface area (Å²) in [5.41, 5.74) is 17.5. The minimum Gasteiger partial charge on any atom is -0.309 e. The minimum absolute atomic E-state index is 0.553. The van der Waals surface area contributed by atoms with Gasteiger partial charge in [0.1, 0.15) is 0 Å². The van der Waals surface area contributed by atoms with Crippen molar-refractivity contribution >= 4 is 28.4 Å². The molecule has 0 N–H and O–H groups in total. The van der Waals surface area contributed by atoms with Gasteiger partial charge in [0, 0.05) is 23.6 Å². The maximum Gasteiger partial charge on any atom is 0.198 e. The summed E-state index contributed by atoms with van der Waals surface area (Å²) in [5.74, 6) is 0. The SMILES string of the molecule is Cc1cc(C)c(N(c2ccc(-c3ccccc3)cc2)c2c(C)c(C)c(-c3cnc4nccnc4n3)c(C)c2C)c(C)c1. The summed E-state index contributed by atoms with van der Waals surface area (Å²) in [6.07, 6.45) is 5.12. The smallest absolute Gasteiger partial charge is 0.198 e. The molecule has 208 valence electrons. The molecule has 0 unspecified atom stereocenters. The van der Waals surface area contributed by atoms with Gasteiger partial charge in [-0.25, -0.2) is 19.9 Å². The van der Waals surface area contributed by atoms with Crippen molar-refractivity contribution in [1.82, 2.24) is 19.9 Å². The Hall–Kier alpha value is -4.90. The molecule has 0 fully saturated rings. The van der Waals surface area contributed by atoms with Crippen molar-refractivity contribution in [3.8, 4) is 22.4 Å². The molecular formula is C37H35N5. The Labute approximate surface area is 248 Å². The van der Waals surface area contributed by atoms with Gasteiger partial charge in [-0.05, 0) is 105 Å². The van der Waals surface area contributed by atoms with E-state index in [1.165, 1.54) is 61.4 Å². The molecule has 2 aromatic heterocycles. The predicted octanol–water partition coefficient (Wildman–Crippen LogP) is 9.38. The van der Waals surface area contributed by atoms with Crippen LogP contribution in [0.25, 0.3) is 33.7 Å². The molecule has 0 saturated carbocycles. The number of aryl methyl sites for hydroxylation is 3. The van der Waals surface area contributed by atoms with Crippen molar-refractivity contribution in [2.75, 3.05) is 4.90 Å². The van der Waals surface area contributed by atoms with Crippen LogP contribution in [0.5, 0.6) is 0 Å². The van der Waals surface area contributed by atoms with Crippen LogP contribution in [-0.2, 0) is 0 Å². The van der Waals surface area contributed by atoms with Gasteiger partial charge in [-0.15, -0.1) is 0 Å². The Morgan fingerprint density at radius 1 is 0.548 bits per heavy atom. The first kappa shape index (κ1) is 27.3. The summed E-state index contributed by atoms with van der Waals surface area (Å²) < 4.78 is 0. The van der Waals surface area contributed by atoms with E-state index in [0.29, 0.717) is 11.3 Å². The molecule has 0 radical (unpaired) electrons. The number of rotatable bonds is 5. The van der Waals surface area contributed by atoms with Crippen LogP contribution in [0.15, 0.2) is 85.3 Å². The maximum absolute atomic E-state index is 4.87. The number of nitrogens with zero attached hydrogens (tertiary/aromatic N) is 5. The third-order valence-corrected chi connectivity index (χ3v) is 8.35. The van der Waals surface area contributed by atoms with E-state index in [-0.39, 0.29) is 0 Å². The Kier molecular flexibility index (Phi) is 7.03. The molecule has 0 aliphatic rings. The average molecular weight is 550 g/mol. The molecule has 5 nitrogen and oxygen atoms in total. The summed E-state index contributed by atoms with van der Waals surface area (Å²) >= 11 is 0. The van der Waals surface area contributed by atoms with Gasteiger partial charge in [0.05, 0.1) is 23.3 Å². The highest BCUT2D eigenvalue weighted by molar-refractivity contribution is 5.89. The number of hydrogen-bond donors (Lipinski definition) is 0. The van der Waals surface area contributed by atoms with Gasteiger partial charge in [-0.2, -0.15) is 0 Å². The molecule has 4 aromatic carbocycles. The maximum atomic E-state index is 4.87. The van der Waals surface area contributed by atoms with Gasteiger partial charge in [-0.3, -0.25) is 0 Å². The van der Waals surface area contributed by atoms with Crippen LogP contribution in [0.4, 0.5) is 17.1 Å². The molecule has 0 saturated heterocycles. The molecule has 42 heavy (non-hydrogen) atoms. The molecule has 0 aliphatic heterocycles. The zero-order valence-electron chi connectivity index (χ0n) is 25.3. The Balaban J connectivity index is 1.58. The van der Waals surface area contributed by atoms with Crippen molar-refractivity contribution in [1.29, 1.82) is 0 Å². The van der Waals surface area contributed by atoms with E-state index in [2.05, 4.69) is 135 Å². The quantitative estimate of drug-likeness (QED) is 0.214. The number of aromatic nitrogens is 4. The molecule has 0 bridgehead atoms. The van der Waals surface area contributed by atoms with E-state index in [0.717, 1.165) is 16.9 Å². The minimum atomic E-state index is 0.553. The first-order valence-corrected chi connectivity index (χ1v) is 14.3. The van der Waals surface area contributed by atoms with E-state index < -0.39 is 0 Å². The Morgan fingerprint density at radius 3 is 1.74 bits per heavy atom. The number of hydrogen-bond acceptors (Lipinski definition) is 5. The van der Waals surface area contributed by atoms with Gasteiger partial charge in [0.2, 0.25) is 0 Å². The second kappa shape index (κ2) is 10.8. The summed E-state index contributed by atoms with van der Waals surface area (Å²) in [6, 6.07) is 24.0. The monoisotopic (exact) mass is 549 g/mol. The van der Waals surface area contributed by atoms with Crippen LogP contribution in [-0.4, -0.2) is 19.9 Å². The lowest BCUT2D eigenvalue weighted by Crippen LogP contribution is -2.17. The van der Waals surface area contributed by atoms with E-state index >= 15 is 0 Å². The van der Waals surface area contributed by atoms with Crippen LogP contribution in [0.2, 0.25) is 0 Å². The first-order valence-electron chi connectivity index (χ1n) is 14.3. The zero-order valence-corrected chi connectivity index (χ0v) is 25.3. The van der Waals surface area contributed by atoms with Gasteiger partial charge in [0.15, 0.2) is 11.3 Å². The fourth-order valence-corrected chi connectivity index (χ4v) is 6.22. The molecule has 2 heterocycles. The molecular weight excluding hydrogens is 514 g/mol. The third-order valence-electron chi connectivity index (χ3n) is 8.35. The molecule has 6 aromatic rings. The fourth-order valence-electron chi connectivity index (χ4n) is 6.22. The van der Waals surface area contributed by atoms with Crippen LogP contribution in [0.3, 0.4) is 0 Å². The van der Waals surface area contributed by atoms with E-state index in [1.807, 2.05) is 6.20 Å². The number of anilines is 3. The highest BCUT2D eigenvalue weighted by atomic mass is 15.2. The largest absolute Gasteiger partial charge is 0.309 e. The van der Waals surface area contributed by atoms with E-state index in [1.54, 1.807) is 12.4 Å². The van der Waals surface area contributed by atoms with Crippen molar-refractivity contribution in [3.63, 3.8) is 0 Å². The zero-order chi connectivity index (χ0) is 29.5. The molecule has 0 atom stereocenters. The highest BCUT2D eigenvalue weighted by Gasteiger charge is 2.25. The molecule has 5 heteroatoms. The normalized spacial score (nSPS) is 11.2. The molecule has 0 spiro atoms. The lowest BCUT2D eigenvalue weighted by molar-refractivity contribution is 1.12. The van der Waals surface area contributed by atoms with Crippen molar-refractivity contribution in [2.24, 2.45) is 0 Å². The summed E-state index contributed by atoms with van der Waals surface area (Å²) in [4.78, 5) is 20.6. The lowest BCUT2D eigenvalue weighted by atomic mass is 9.89. The van der Waals surface area contributed by atoms with Crippen molar-refractivity contribution in [2.45, 2.75) is 48.5 Å². The summed E-state index contributed by atoms with van der Waals surface area (Å²) in [6.45, 7) is 15.4. The second-order valence-corrected chi connectivity index (χ2v) is 11.2. The summed E-state index contributed by atoms with van der Waals surface area (Å²) in [5, 5.41) is 0. The highest BCUT2D eigenvalue weighted by Crippen LogP contribution is 2.46. The number of benzene rings is 4. The van der Waals surface area contributed by atoms with Crippen LogP contribution < -0.4 is 4.90 Å². The van der Waals surface area contributed by atoms with E-state index in [9.17, 15) is 0 Å². The molecule has 6 rings (SSSR count). The average Bonchev–Trinajstić information content (AvgIpc) is 2.99. The third kappa shape index (κ3) is 4.71. The van der Waals surface area contributed by atoms with Gasteiger partial charge < -0.3 is 4.90 Å². The van der Waals surface area contributed by atoms with Crippen LogP contribution >= 0.6 is 0 Å². The standard InChI is InChI=1S/C37H35N5/c1-22-19-23(2)34(24(3)20-22)42(31-15-13-30(14-16-31)29-11-9-8-10-12-29)35-27(6)25(4)33(26(5)28(35)7)32-21-40-36-37(41-32)39-18-17-38-36/h8-21H,1-7H3. The Bertz CT molecular complexity index is 1890. The Morgan fingerprint density at radius 2 is 1.12 bits per heavy atom. The van der Waals surface area contributed by atoms with Crippen molar-refractivity contribution < 1.29 is 0 Å². The van der Waals surface area contributed by atoms with Crippen LogP contribution in [0.1, 0.15) is 38.9 Å². The van der Waals surface area contributed by atoms with E-state index in [4.69, 9.17) is 4.98 Å². The molecule has 0 amide bonds. The fraction of sp³-hybridized carbons (Fsp3) is 0.189. The van der Waals surface area contributed by atoms with Gasteiger partial charge >= 0.3 is 0 Å². The predicted molar refractivity (Wildman–Crippen MR) is 174 cm³/mol. The topological polar surface area (TPSA) is 54.8 Å². The van der Waals surface area contributed by atoms with Gasteiger partial charge in [0.25, 0.3) is 0 Å². The van der Waals surface area contributed by atoms with Crippen molar-refractivity contribution in [3.05, 3.63) is 124 Å². The van der Waals surface area contributed by atoms with Crippen LogP contribution in [0, 0.1) is 48.5 Å². The second-order valence-electron chi connectivity index (χ2n) is 11.2. The first-order chi connectivity index (χ1) is 20.2.